The van der Waals surface area contributed by atoms with Crippen LogP contribution in [-0.2, 0) is 9.53 Å². The first-order valence-electron chi connectivity index (χ1n) is 5.82. The minimum atomic E-state index is -1.01. The Bertz CT molecular complexity index is 263. The Labute approximate surface area is 112 Å². The number of amides is 2. The van der Waals surface area contributed by atoms with Crippen molar-refractivity contribution in [2.24, 2.45) is 0 Å². The first kappa shape index (κ1) is 17.1. The van der Waals surface area contributed by atoms with Crippen molar-refractivity contribution in [3.05, 3.63) is 0 Å². The summed E-state index contributed by atoms with van der Waals surface area (Å²) in [6, 6.07) is -1.42. The second kappa shape index (κ2) is 10.0. The third-order valence-corrected chi connectivity index (χ3v) is 3.05. The van der Waals surface area contributed by atoms with E-state index in [1.807, 2.05) is 13.2 Å². The van der Waals surface area contributed by atoms with Gasteiger partial charge in [0.2, 0.25) is 0 Å². The molecule has 7 heteroatoms. The van der Waals surface area contributed by atoms with Gasteiger partial charge in [0.15, 0.2) is 0 Å². The van der Waals surface area contributed by atoms with Crippen molar-refractivity contribution in [3.63, 3.8) is 0 Å². The van der Waals surface area contributed by atoms with E-state index in [1.165, 1.54) is 0 Å². The van der Waals surface area contributed by atoms with Crippen LogP contribution in [0.1, 0.15) is 19.8 Å². The maximum Gasteiger partial charge on any atom is 0.326 e. The molecule has 0 aliphatic carbocycles. The van der Waals surface area contributed by atoms with Crippen molar-refractivity contribution in [2.45, 2.75) is 31.8 Å². The van der Waals surface area contributed by atoms with E-state index in [0.717, 1.165) is 6.42 Å². The van der Waals surface area contributed by atoms with Gasteiger partial charge in [0, 0.05) is 7.11 Å². The summed E-state index contributed by atoms with van der Waals surface area (Å²) in [4.78, 5) is 22.6. The highest BCUT2D eigenvalue weighted by atomic mass is 32.2. The normalized spacial score (nSPS) is 13.7. The standard InChI is InChI=1S/C11H22N2O4S/c1-4-8(7-17-2)12-11(16)13-9(10(14)15)5-6-18-3/h8-9H,4-7H2,1-3H3,(H,14,15)(H2,12,13,16)/t8?,9-/m1/s1. The maximum absolute atomic E-state index is 11.6. The van der Waals surface area contributed by atoms with E-state index in [-0.39, 0.29) is 6.04 Å². The molecule has 18 heavy (non-hydrogen) atoms. The van der Waals surface area contributed by atoms with Gasteiger partial charge < -0.3 is 20.5 Å². The molecule has 0 spiro atoms. The van der Waals surface area contributed by atoms with E-state index in [4.69, 9.17) is 9.84 Å². The number of carboxylic acids is 1. The molecule has 0 saturated carbocycles. The number of carboxylic acid groups (broad SMARTS) is 1. The molecule has 0 rings (SSSR count). The van der Waals surface area contributed by atoms with E-state index in [9.17, 15) is 9.59 Å². The predicted octanol–water partition coefficient (Wildman–Crippen LogP) is 0.917. The second-order valence-corrected chi connectivity index (χ2v) is 4.84. The van der Waals surface area contributed by atoms with E-state index in [1.54, 1.807) is 18.9 Å². The molecule has 2 amide bonds. The van der Waals surface area contributed by atoms with Gasteiger partial charge in [-0.05, 0) is 24.9 Å². The number of carbonyl (C=O) groups excluding carboxylic acids is 1. The summed E-state index contributed by atoms with van der Waals surface area (Å²) in [7, 11) is 1.56. The third kappa shape index (κ3) is 7.39. The van der Waals surface area contributed by atoms with Crippen molar-refractivity contribution in [1.82, 2.24) is 10.6 Å². The van der Waals surface area contributed by atoms with Gasteiger partial charge in [0.25, 0.3) is 0 Å². The molecule has 0 aliphatic rings. The molecular weight excluding hydrogens is 256 g/mol. The van der Waals surface area contributed by atoms with Crippen molar-refractivity contribution in [1.29, 1.82) is 0 Å². The van der Waals surface area contributed by atoms with Crippen LogP contribution in [0.2, 0.25) is 0 Å². The summed E-state index contributed by atoms with van der Waals surface area (Å²) in [5.41, 5.74) is 0. The molecule has 2 atom stereocenters. The van der Waals surface area contributed by atoms with Crippen LogP contribution in [0.5, 0.6) is 0 Å². The largest absolute Gasteiger partial charge is 0.480 e. The lowest BCUT2D eigenvalue weighted by molar-refractivity contribution is -0.139. The number of ether oxygens (including phenoxy) is 1. The maximum atomic E-state index is 11.6. The van der Waals surface area contributed by atoms with Crippen molar-refractivity contribution in [2.75, 3.05) is 25.7 Å². The third-order valence-electron chi connectivity index (χ3n) is 2.41. The van der Waals surface area contributed by atoms with Crippen LogP contribution < -0.4 is 10.6 Å². The van der Waals surface area contributed by atoms with Gasteiger partial charge in [-0.3, -0.25) is 0 Å². The van der Waals surface area contributed by atoms with E-state index >= 15 is 0 Å². The number of hydrogen-bond donors (Lipinski definition) is 3. The second-order valence-electron chi connectivity index (χ2n) is 3.85. The monoisotopic (exact) mass is 278 g/mol. The first-order valence-corrected chi connectivity index (χ1v) is 7.22. The Morgan fingerprint density at radius 2 is 2.06 bits per heavy atom. The Balaban J connectivity index is 4.19. The number of carbonyl (C=O) groups is 2. The average molecular weight is 278 g/mol. The highest BCUT2D eigenvalue weighted by molar-refractivity contribution is 7.98. The fourth-order valence-electron chi connectivity index (χ4n) is 1.34. The lowest BCUT2D eigenvalue weighted by Crippen LogP contribution is -2.50. The van der Waals surface area contributed by atoms with E-state index in [2.05, 4.69) is 10.6 Å². The van der Waals surface area contributed by atoms with Crippen LogP contribution in [0.3, 0.4) is 0 Å². The number of methoxy groups -OCH3 is 1. The summed E-state index contributed by atoms with van der Waals surface area (Å²) >= 11 is 1.55. The number of nitrogens with one attached hydrogen (secondary N) is 2. The fourth-order valence-corrected chi connectivity index (χ4v) is 1.81. The molecule has 106 valence electrons. The lowest BCUT2D eigenvalue weighted by Gasteiger charge is -2.19. The molecule has 3 N–H and O–H groups in total. The number of rotatable bonds is 9. The number of aliphatic carboxylic acids is 1. The number of hydrogen-bond acceptors (Lipinski definition) is 4. The van der Waals surface area contributed by atoms with Crippen molar-refractivity contribution < 1.29 is 19.4 Å². The van der Waals surface area contributed by atoms with E-state index < -0.39 is 18.0 Å². The quantitative estimate of drug-likeness (QED) is 0.583. The SMILES string of the molecule is CCC(COC)NC(=O)N[C@H](CCSC)C(=O)O. The van der Waals surface area contributed by atoms with Crippen molar-refractivity contribution >= 4 is 23.8 Å². The van der Waals surface area contributed by atoms with Crippen LogP contribution in [-0.4, -0.2) is 54.9 Å². The predicted molar refractivity (Wildman–Crippen MR) is 72.0 cm³/mol. The Hall–Kier alpha value is -0.950. The van der Waals surface area contributed by atoms with Gasteiger partial charge in [-0.25, -0.2) is 9.59 Å². The number of thioether (sulfide) groups is 1. The summed E-state index contributed by atoms with van der Waals surface area (Å²) in [6.45, 7) is 2.33. The van der Waals surface area contributed by atoms with Gasteiger partial charge in [0.05, 0.1) is 12.6 Å². The van der Waals surface area contributed by atoms with Gasteiger partial charge >= 0.3 is 12.0 Å². The molecule has 0 bridgehead atoms. The molecule has 0 aromatic rings. The average Bonchev–Trinajstić information content (AvgIpc) is 2.33. The molecule has 0 aliphatic heterocycles. The zero-order valence-corrected chi connectivity index (χ0v) is 11.9. The Kier molecular flexibility index (Phi) is 9.49. The molecule has 1 unspecified atom stereocenters. The molecule has 6 nitrogen and oxygen atoms in total. The van der Waals surface area contributed by atoms with Gasteiger partial charge in [0.1, 0.15) is 6.04 Å². The van der Waals surface area contributed by atoms with E-state index in [0.29, 0.717) is 18.8 Å². The van der Waals surface area contributed by atoms with Crippen LogP contribution in [0, 0.1) is 0 Å². The van der Waals surface area contributed by atoms with Crippen LogP contribution in [0.25, 0.3) is 0 Å². The zero-order chi connectivity index (χ0) is 14.0. The topological polar surface area (TPSA) is 87.7 Å². The molecule has 0 aromatic carbocycles. The van der Waals surface area contributed by atoms with Crippen LogP contribution in [0.15, 0.2) is 0 Å². The zero-order valence-electron chi connectivity index (χ0n) is 11.1. The smallest absolute Gasteiger partial charge is 0.326 e. The van der Waals surface area contributed by atoms with Gasteiger partial charge in [-0.15, -0.1) is 0 Å². The Morgan fingerprint density at radius 1 is 1.39 bits per heavy atom. The minimum absolute atomic E-state index is 0.106. The molecule has 0 heterocycles. The lowest BCUT2D eigenvalue weighted by atomic mass is 10.2. The Morgan fingerprint density at radius 3 is 2.50 bits per heavy atom. The number of urea groups is 1. The molecular formula is C11H22N2O4S. The molecule has 0 radical (unpaired) electrons. The first-order chi connectivity index (χ1) is 8.54. The summed E-state index contributed by atoms with van der Waals surface area (Å²) in [5.74, 6) is -0.328. The minimum Gasteiger partial charge on any atom is -0.480 e. The molecule has 0 fully saturated rings. The highest BCUT2D eigenvalue weighted by Crippen LogP contribution is 2.01. The summed E-state index contributed by atoms with van der Waals surface area (Å²) in [6.07, 6.45) is 3.03. The van der Waals surface area contributed by atoms with Gasteiger partial charge in [-0.2, -0.15) is 11.8 Å². The van der Waals surface area contributed by atoms with Crippen LogP contribution in [0.4, 0.5) is 4.79 Å². The summed E-state index contributed by atoms with van der Waals surface area (Å²) in [5, 5.41) is 14.1. The molecule has 0 saturated heterocycles. The summed E-state index contributed by atoms with van der Waals surface area (Å²) < 4.78 is 4.95. The van der Waals surface area contributed by atoms with Crippen molar-refractivity contribution in [3.8, 4) is 0 Å². The fraction of sp³-hybridized carbons (Fsp3) is 0.818. The molecule has 0 aromatic heterocycles. The highest BCUT2D eigenvalue weighted by Gasteiger charge is 2.20. The van der Waals surface area contributed by atoms with Gasteiger partial charge in [-0.1, -0.05) is 6.92 Å². The van der Waals surface area contributed by atoms with Crippen LogP contribution >= 0.6 is 11.8 Å².